The van der Waals surface area contributed by atoms with Gasteiger partial charge in [-0.25, -0.2) is 4.98 Å². The average Bonchev–Trinajstić information content (AvgIpc) is 2.61. The third kappa shape index (κ3) is 6.22. The number of nitrogens with one attached hydrogen (secondary N) is 2. The summed E-state index contributed by atoms with van der Waals surface area (Å²) in [6.07, 6.45) is -3.82. The first-order valence-electron chi connectivity index (χ1n) is 9.02. The number of nitrogens with zero attached hydrogens (tertiary/aromatic N) is 2. The van der Waals surface area contributed by atoms with E-state index in [4.69, 9.17) is 4.74 Å². The van der Waals surface area contributed by atoms with Crippen molar-refractivity contribution in [2.45, 2.75) is 32.5 Å². The minimum atomic E-state index is -4.59. The Morgan fingerprint density at radius 3 is 2.23 bits per heavy atom. The third-order valence-electron chi connectivity index (χ3n) is 3.72. The van der Waals surface area contributed by atoms with Gasteiger partial charge < -0.3 is 15.4 Å². The van der Waals surface area contributed by atoms with Gasteiger partial charge in [-0.05, 0) is 85.8 Å². The van der Waals surface area contributed by atoms with Crippen molar-refractivity contribution in [3.8, 4) is 5.75 Å². The van der Waals surface area contributed by atoms with Crippen molar-refractivity contribution in [2.75, 3.05) is 10.6 Å². The van der Waals surface area contributed by atoms with Crippen LogP contribution in [0.1, 0.15) is 26.3 Å². The van der Waals surface area contributed by atoms with Crippen LogP contribution < -0.4 is 15.4 Å². The number of alkyl halides is 3. The fourth-order valence-electron chi connectivity index (χ4n) is 2.54. The molecule has 0 bridgehead atoms. The molecule has 0 radical (unpaired) electrons. The first-order chi connectivity index (χ1) is 14.0. The quantitative estimate of drug-likeness (QED) is 0.359. The summed E-state index contributed by atoms with van der Waals surface area (Å²) in [7, 11) is 0. The van der Waals surface area contributed by atoms with Gasteiger partial charge in [0.15, 0.2) is 0 Å². The van der Waals surface area contributed by atoms with Crippen molar-refractivity contribution in [1.29, 1.82) is 0 Å². The number of hydrogen-bond acceptors (Lipinski definition) is 5. The Labute approximate surface area is 186 Å². The van der Waals surface area contributed by atoms with Crippen LogP contribution in [0.5, 0.6) is 5.75 Å². The highest BCUT2D eigenvalue weighted by Crippen LogP contribution is 2.35. The van der Waals surface area contributed by atoms with Crippen molar-refractivity contribution < 1.29 is 17.9 Å². The first-order valence-corrected chi connectivity index (χ1v) is 10.1. The molecule has 5 nitrogen and oxygen atoms in total. The summed E-state index contributed by atoms with van der Waals surface area (Å²) in [5, 5.41) is 5.67. The Kier molecular flexibility index (Phi) is 6.39. The predicted octanol–water partition coefficient (Wildman–Crippen LogP) is 6.76. The molecule has 3 rings (SSSR count). The standard InChI is InChI=1S/C21H20F3IN4O/c1-20(2,3)30-16-9-7-14(8-10-16)28-19-26-12-17(21(22,23)24)18(29-19)27-15-6-4-5-13(25)11-15/h4-12H,1-3H3,(H2,26,27,28,29). The molecule has 0 atom stereocenters. The van der Waals surface area contributed by atoms with Crippen molar-refractivity contribution >= 4 is 45.7 Å². The van der Waals surface area contributed by atoms with E-state index in [1.807, 2.05) is 26.8 Å². The van der Waals surface area contributed by atoms with Gasteiger partial charge >= 0.3 is 6.18 Å². The van der Waals surface area contributed by atoms with E-state index in [1.165, 1.54) is 0 Å². The molecule has 1 aromatic heterocycles. The summed E-state index contributed by atoms with van der Waals surface area (Å²) in [6.45, 7) is 5.83. The number of ether oxygens (including phenoxy) is 1. The van der Waals surface area contributed by atoms with Crippen molar-refractivity contribution in [1.82, 2.24) is 9.97 Å². The zero-order valence-corrected chi connectivity index (χ0v) is 18.7. The molecule has 30 heavy (non-hydrogen) atoms. The SMILES string of the molecule is CC(C)(C)Oc1ccc(Nc2ncc(C(F)(F)F)c(Nc3cccc(I)c3)n2)cc1. The van der Waals surface area contributed by atoms with Crippen LogP contribution in [0.2, 0.25) is 0 Å². The molecule has 0 saturated carbocycles. The van der Waals surface area contributed by atoms with E-state index in [-0.39, 0.29) is 17.4 Å². The Balaban J connectivity index is 1.85. The number of rotatable bonds is 5. The van der Waals surface area contributed by atoms with Gasteiger partial charge in [-0.1, -0.05) is 6.07 Å². The molecule has 2 aromatic carbocycles. The second-order valence-corrected chi connectivity index (χ2v) is 8.70. The van der Waals surface area contributed by atoms with Crippen LogP contribution in [-0.2, 0) is 6.18 Å². The maximum absolute atomic E-state index is 13.4. The molecule has 0 spiro atoms. The molecule has 0 aliphatic heterocycles. The fourth-order valence-corrected chi connectivity index (χ4v) is 3.08. The van der Waals surface area contributed by atoms with Crippen LogP contribution in [0, 0.1) is 3.57 Å². The summed E-state index contributed by atoms with van der Waals surface area (Å²) >= 11 is 2.09. The fraction of sp³-hybridized carbons (Fsp3) is 0.238. The largest absolute Gasteiger partial charge is 0.488 e. The van der Waals surface area contributed by atoms with Gasteiger partial charge in [-0.15, -0.1) is 0 Å². The Morgan fingerprint density at radius 2 is 1.63 bits per heavy atom. The topological polar surface area (TPSA) is 59.1 Å². The van der Waals surface area contributed by atoms with Crippen LogP contribution >= 0.6 is 22.6 Å². The summed E-state index contributed by atoms with van der Waals surface area (Å²) in [6, 6.07) is 14.0. The van der Waals surface area contributed by atoms with Crippen molar-refractivity contribution in [2.24, 2.45) is 0 Å². The second-order valence-electron chi connectivity index (χ2n) is 7.45. The van der Waals surface area contributed by atoms with Gasteiger partial charge in [0.2, 0.25) is 5.95 Å². The van der Waals surface area contributed by atoms with E-state index in [2.05, 4.69) is 43.2 Å². The van der Waals surface area contributed by atoms with E-state index < -0.39 is 11.7 Å². The highest BCUT2D eigenvalue weighted by Gasteiger charge is 2.35. The van der Waals surface area contributed by atoms with Crippen LogP contribution in [0.3, 0.4) is 0 Å². The average molecular weight is 528 g/mol. The summed E-state index contributed by atoms with van der Waals surface area (Å²) in [5.41, 5.74) is -0.154. The minimum Gasteiger partial charge on any atom is -0.488 e. The van der Waals surface area contributed by atoms with Crippen LogP contribution in [-0.4, -0.2) is 15.6 Å². The van der Waals surface area contributed by atoms with Crippen LogP contribution in [0.4, 0.5) is 36.3 Å². The summed E-state index contributed by atoms with van der Waals surface area (Å²) in [4.78, 5) is 7.88. The molecule has 2 N–H and O–H groups in total. The van der Waals surface area contributed by atoms with Gasteiger partial charge in [0, 0.05) is 21.1 Å². The molecule has 0 aliphatic carbocycles. The Morgan fingerprint density at radius 1 is 0.933 bits per heavy atom. The van der Waals surface area contributed by atoms with Crippen molar-refractivity contribution in [3.05, 3.63) is 63.9 Å². The summed E-state index contributed by atoms with van der Waals surface area (Å²) in [5.74, 6) is 0.401. The lowest BCUT2D eigenvalue weighted by Crippen LogP contribution is -2.22. The normalized spacial score (nSPS) is 11.8. The van der Waals surface area contributed by atoms with Gasteiger partial charge in [0.1, 0.15) is 22.7 Å². The molecular weight excluding hydrogens is 508 g/mol. The number of benzene rings is 2. The molecule has 1 heterocycles. The smallest absolute Gasteiger partial charge is 0.421 e. The number of aromatic nitrogens is 2. The highest BCUT2D eigenvalue weighted by molar-refractivity contribution is 14.1. The molecule has 0 fully saturated rings. The lowest BCUT2D eigenvalue weighted by molar-refractivity contribution is -0.137. The Hall–Kier alpha value is -2.56. The molecule has 9 heteroatoms. The number of hydrogen-bond donors (Lipinski definition) is 2. The molecule has 0 aliphatic rings. The molecule has 3 aromatic rings. The number of anilines is 4. The van der Waals surface area contributed by atoms with E-state index in [9.17, 15) is 13.2 Å². The van der Waals surface area contributed by atoms with Gasteiger partial charge in [0.25, 0.3) is 0 Å². The lowest BCUT2D eigenvalue weighted by atomic mass is 10.2. The van der Waals surface area contributed by atoms with E-state index in [0.29, 0.717) is 17.1 Å². The monoisotopic (exact) mass is 528 g/mol. The lowest BCUT2D eigenvalue weighted by Gasteiger charge is -2.21. The maximum Gasteiger partial charge on any atom is 0.421 e. The van der Waals surface area contributed by atoms with Crippen LogP contribution in [0.15, 0.2) is 54.7 Å². The minimum absolute atomic E-state index is 0.0422. The van der Waals surface area contributed by atoms with Crippen molar-refractivity contribution in [3.63, 3.8) is 0 Å². The van der Waals surface area contributed by atoms with Gasteiger partial charge in [0.05, 0.1) is 0 Å². The molecule has 0 unspecified atom stereocenters. The molecular formula is C21H20F3IN4O. The molecule has 0 amide bonds. The highest BCUT2D eigenvalue weighted by atomic mass is 127. The van der Waals surface area contributed by atoms with Gasteiger partial charge in [-0.3, -0.25) is 0 Å². The van der Waals surface area contributed by atoms with Crippen LogP contribution in [0.25, 0.3) is 0 Å². The summed E-state index contributed by atoms with van der Waals surface area (Å²) < 4.78 is 46.9. The zero-order chi connectivity index (χ0) is 21.9. The van der Waals surface area contributed by atoms with Gasteiger partial charge in [-0.2, -0.15) is 18.2 Å². The van der Waals surface area contributed by atoms with E-state index in [0.717, 1.165) is 9.77 Å². The Bertz CT molecular complexity index is 1020. The van der Waals surface area contributed by atoms with E-state index in [1.54, 1.807) is 42.5 Å². The molecule has 158 valence electrons. The third-order valence-corrected chi connectivity index (χ3v) is 4.39. The second kappa shape index (κ2) is 8.66. The zero-order valence-electron chi connectivity index (χ0n) is 16.5. The maximum atomic E-state index is 13.4. The van der Waals surface area contributed by atoms with E-state index >= 15 is 0 Å². The molecule has 0 saturated heterocycles. The predicted molar refractivity (Wildman–Crippen MR) is 120 cm³/mol. The first kappa shape index (κ1) is 22.1. The number of halogens is 4.